The van der Waals surface area contributed by atoms with Gasteiger partial charge in [0.2, 0.25) is 0 Å². The highest BCUT2D eigenvalue weighted by Gasteiger charge is 2.21. The number of benzene rings is 2. The maximum Gasteiger partial charge on any atom is 0.191 e. The van der Waals surface area contributed by atoms with Crippen LogP contribution in [0.2, 0.25) is 0 Å². The van der Waals surface area contributed by atoms with Crippen LogP contribution in [-0.2, 0) is 23.8 Å². The summed E-state index contributed by atoms with van der Waals surface area (Å²) >= 11 is 0. The largest absolute Gasteiger partial charge is 0.494 e. The van der Waals surface area contributed by atoms with Crippen LogP contribution >= 0.6 is 0 Å². The molecule has 7 heteroatoms. The summed E-state index contributed by atoms with van der Waals surface area (Å²) in [6.45, 7) is 5.78. The number of fused-ring (bicyclic) bond motifs is 1. The van der Waals surface area contributed by atoms with E-state index in [2.05, 4.69) is 34.7 Å². The molecule has 0 aromatic heterocycles. The van der Waals surface area contributed by atoms with Gasteiger partial charge in [0.15, 0.2) is 5.96 Å². The Morgan fingerprint density at radius 1 is 1.28 bits per heavy atom. The van der Waals surface area contributed by atoms with Crippen LogP contribution in [0.5, 0.6) is 11.5 Å². The molecule has 156 valence electrons. The molecule has 2 aromatic carbocycles. The van der Waals surface area contributed by atoms with Crippen molar-refractivity contribution in [3.05, 3.63) is 53.6 Å². The van der Waals surface area contributed by atoms with Crippen molar-refractivity contribution in [2.24, 2.45) is 4.99 Å². The van der Waals surface area contributed by atoms with Gasteiger partial charge in [-0.05, 0) is 38.1 Å². The van der Waals surface area contributed by atoms with Crippen molar-refractivity contribution in [2.45, 2.75) is 37.8 Å². The molecule has 0 spiro atoms. The third-order valence-electron chi connectivity index (χ3n) is 4.63. The van der Waals surface area contributed by atoms with Crippen LogP contribution in [0.15, 0.2) is 52.4 Å². The van der Waals surface area contributed by atoms with Gasteiger partial charge in [-0.1, -0.05) is 18.2 Å². The van der Waals surface area contributed by atoms with Crippen molar-refractivity contribution in [1.29, 1.82) is 0 Å². The van der Waals surface area contributed by atoms with Gasteiger partial charge in [0.25, 0.3) is 0 Å². The van der Waals surface area contributed by atoms with E-state index in [9.17, 15) is 4.21 Å². The topological polar surface area (TPSA) is 72.0 Å². The van der Waals surface area contributed by atoms with Crippen molar-refractivity contribution >= 4 is 16.8 Å². The van der Waals surface area contributed by atoms with Crippen LogP contribution in [0, 0.1) is 0 Å². The molecule has 0 radical (unpaired) electrons. The Morgan fingerprint density at radius 2 is 2.07 bits per heavy atom. The summed E-state index contributed by atoms with van der Waals surface area (Å²) in [6.07, 6.45) is 1.10. The molecule has 0 saturated carbocycles. The summed E-state index contributed by atoms with van der Waals surface area (Å²) in [5.74, 6) is 2.97. The molecule has 0 amide bonds. The van der Waals surface area contributed by atoms with E-state index in [1.165, 1.54) is 5.56 Å². The van der Waals surface area contributed by atoms with Gasteiger partial charge in [-0.3, -0.25) is 9.20 Å². The molecule has 2 N–H and O–H groups in total. The second kappa shape index (κ2) is 10.3. The summed E-state index contributed by atoms with van der Waals surface area (Å²) < 4.78 is 24.0. The predicted molar refractivity (Wildman–Crippen MR) is 117 cm³/mol. The van der Waals surface area contributed by atoms with Gasteiger partial charge in [-0.25, -0.2) is 0 Å². The van der Waals surface area contributed by atoms with E-state index in [1.807, 2.05) is 37.3 Å². The zero-order valence-electron chi connectivity index (χ0n) is 17.2. The number of guanidine groups is 1. The summed E-state index contributed by atoms with van der Waals surface area (Å²) in [4.78, 5) is 5.10. The lowest BCUT2D eigenvalue weighted by molar-refractivity contribution is 0.254. The van der Waals surface area contributed by atoms with Crippen molar-refractivity contribution in [2.75, 3.05) is 26.0 Å². The van der Waals surface area contributed by atoms with Gasteiger partial charge in [0, 0.05) is 48.3 Å². The first-order valence-electron chi connectivity index (χ1n) is 9.94. The van der Waals surface area contributed by atoms with Crippen molar-refractivity contribution < 1.29 is 13.7 Å². The standard InChI is InChI=1S/C22H29N3O3S/c1-4-27-20-13-17-12-16(2)28-21(17)14-18(20)15-25-22(23-3)24-10-11-29(26)19-8-6-5-7-9-19/h5-9,13-14,16H,4,10-12,15H2,1-3H3,(H2,23,24,25). The molecular weight excluding hydrogens is 386 g/mol. The Morgan fingerprint density at radius 3 is 2.79 bits per heavy atom. The second-order valence-corrected chi connectivity index (χ2v) is 8.42. The van der Waals surface area contributed by atoms with Gasteiger partial charge >= 0.3 is 0 Å². The SMILES string of the molecule is CCOc1cc2c(cc1CNC(=NC)NCCS(=O)c1ccccc1)OC(C)C2. The Kier molecular flexibility index (Phi) is 7.52. The molecule has 29 heavy (non-hydrogen) atoms. The fourth-order valence-corrected chi connectivity index (χ4v) is 4.25. The summed E-state index contributed by atoms with van der Waals surface area (Å²) in [5, 5.41) is 6.53. The van der Waals surface area contributed by atoms with Crippen LogP contribution < -0.4 is 20.1 Å². The number of rotatable bonds is 8. The lowest BCUT2D eigenvalue weighted by Crippen LogP contribution is -2.38. The van der Waals surface area contributed by atoms with Gasteiger partial charge in [0.05, 0.1) is 17.4 Å². The molecule has 2 aromatic rings. The van der Waals surface area contributed by atoms with Crippen molar-refractivity contribution in [3.63, 3.8) is 0 Å². The first-order chi connectivity index (χ1) is 14.1. The van der Waals surface area contributed by atoms with Gasteiger partial charge in [0.1, 0.15) is 17.6 Å². The molecule has 3 rings (SSSR count). The lowest BCUT2D eigenvalue weighted by Gasteiger charge is -2.15. The zero-order chi connectivity index (χ0) is 20.6. The molecule has 1 aliphatic rings. The summed E-state index contributed by atoms with van der Waals surface area (Å²) in [6, 6.07) is 13.6. The van der Waals surface area contributed by atoms with Gasteiger partial charge < -0.3 is 20.1 Å². The van der Waals surface area contributed by atoms with E-state index in [1.54, 1.807) is 7.05 Å². The number of nitrogens with one attached hydrogen (secondary N) is 2. The molecular formula is C22H29N3O3S. The molecule has 2 unspecified atom stereocenters. The van der Waals surface area contributed by atoms with Gasteiger partial charge in [-0.15, -0.1) is 0 Å². The van der Waals surface area contributed by atoms with Crippen LogP contribution in [0.4, 0.5) is 0 Å². The fourth-order valence-electron chi connectivity index (χ4n) is 3.26. The van der Waals surface area contributed by atoms with Crippen LogP contribution in [0.25, 0.3) is 0 Å². The molecule has 0 fully saturated rings. The number of hydrogen-bond acceptors (Lipinski definition) is 4. The van der Waals surface area contributed by atoms with E-state index in [0.717, 1.165) is 28.4 Å². The lowest BCUT2D eigenvalue weighted by atomic mass is 10.1. The quantitative estimate of drug-likeness (QED) is 0.512. The number of aliphatic imine (C=N–C) groups is 1. The molecule has 1 aliphatic heterocycles. The van der Waals surface area contributed by atoms with Crippen LogP contribution in [-0.4, -0.2) is 42.2 Å². The minimum Gasteiger partial charge on any atom is -0.494 e. The van der Waals surface area contributed by atoms with Crippen molar-refractivity contribution in [1.82, 2.24) is 10.6 Å². The number of ether oxygens (including phenoxy) is 2. The van der Waals surface area contributed by atoms with E-state index in [0.29, 0.717) is 31.4 Å². The maximum atomic E-state index is 12.3. The van der Waals surface area contributed by atoms with Crippen LogP contribution in [0.1, 0.15) is 25.0 Å². The molecule has 0 aliphatic carbocycles. The van der Waals surface area contributed by atoms with E-state index in [4.69, 9.17) is 9.47 Å². The second-order valence-electron chi connectivity index (χ2n) is 6.85. The Bertz CT molecular complexity index is 871. The number of nitrogens with zero attached hydrogens (tertiary/aromatic N) is 1. The summed E-state index contributed by atoms with van der Waals surface area (Å²) in [7, 11) is 0.689. The minimum atomic E-state index is -1.03. The van der Waals surface area contributed by atoms with E-state index < -0.39 is 10.8 Å². The predicted octanol–water partition coefficient (Wildman–Crippen LogP) is 2.88. The Hall–Kier alpha value is -2.54. The average Bonchev–Trinajstić information content (AvgIpc) is 3.10. The zero-order valence-corrected chi connectivity index (χ0v) is 18.1. The third kappa shape index (κ3) is 5.73. The normalized spacial score (nSPS) is 16.7. The van der Waals surface area contributed by atoms with E-state index >= 15 is 0 Å². The highest BCUT2D eigenvalue weighted by molar-refractivity contribution is 7.85. The fraction of sp³-hybridized carbons (Fsp3) is 0.409. The number of hydrogen-bond donors (Lipinski definition) is 2. The first kappa shape index (κ1) is 21.2. The molecule has 1 heterocycles. The highest BCUT2D eigenvalue weighted by atomic mass is 32.2. The smallest absolute Gasteiger partial charge is 0.191 e. The van der Waals surface area contributed by atoms with Crippen molar-refractivity contribution in [3.8, 4) is 11.5 Å². The Balaban J connectivity index is 1.55. The monoisotopic (exact) mass is 415 g/mol. The highest BCUT2D eigenvalue weighted by Crippen LogP contribution is 2.35. The minimum absolute atomic E-state index is 0.197. The van der Waals surface area contributed by atoms with E-state index in [-0.39, 0.29) is 6.10 Å². The van der Waals surface area contributed by atoms with Gasteiger partial charge in [-0.2, -0.15) is 0 Å². The molecule has 2 atom stereocenters. The first-order valence-corrected chi connectivity index (χ1v) is 11.3. The molecule has 6 nitrogen and oxygen atoms in total. The molecule has 0 saturated heterocycles. The maximum absolute atomic E-state index is 12.3. The Labute approximate surface area is 175 Å². The molecule has 0 bridgehead atoms. The summed E-state index contributed by atoms with van der Waals surface area (Å²) in [5.41, 5.74) is 2.21. The average molecular weight is 416 g/mol. The van der Waals surface area contributed by atoms with Crippen LogP contribution in [0.3, 0.4) is 0 Å². The third-order valence-corrected chi connectivity index (χ3v) is 6.01.